The predicted molar refractivity (Wildman–Crippen MR) is 131 cm³/mol. The number of amides is 4. The zero-order chi connectivity index (χ0) is 24.1. The Morgan fingerprint density at radius 1 is 1.21 bits per heavy atom. The first-order valence-corrected chi connectivity index (χ1v) is 12.7. The molecule has 3 aliphatic rings. The lowest BCUT2D eigenvalue weighted by Crippen LogP contribution is -2.56. The number of piperidine rings is 1. The van der Waals surface area contributed by atoms with Gasteiger partial charge < -0.3 is 15.1 Å². The monoisotopic (exact) mass is 467 g/mol. The molecule has 4 rings (SSSR count). The SMILES string of the molecule is CCCC1(C2CCN(C(=O)/C=C/c3ccccn3)CC2)NC(=O)N(CCC2CCCN2C)C1=O. The van der Waals surface area contributed by atoms with Crippen molar-refractivity contribution in [1.29, 1.82) is 0 Å². The second-order valence-electron chi connectivity index (χ2n) is 9.86. The summed E-state index contributed by atoms with van der Waals surface area (Å²) >= 11 is 0. The van der Waals surface area contributed by atoms with Crippen LogP contribution in [0.2, 0.25) is 0 Å². The van der Waals surface area contributed by atoms with Crippen molar-refractivity contribution in [3.63, 3.8) is 0 Å². The summed E-state index contributed by atoms with van der Waals surface area (Å²) in [5.74, 6) is -0.0792. The van der Waals surface area contributed by atoms with E-state index in [1.165, 1.54) is 11.3 Å². The summed E-state index contributed by atoms with van der Waals surface area (Å²) in [6.07, 6.45) is 11.0. The minimum Gasteiger partial charge on any atom is -0.339 e. The molecule has 2 atom stereocenters. The lowest BCUT2D eigenvalue weighted by atomic mass is 9.74. The first kappa shape index (κ1) is 24.4. The molecule has 3 aliphatic heterocycles. The van der Waals surface area contributed by atoms with Crippen LogP contribution in [0, 0.1) is 5.92 Å². The number of nitrogens with one attached hydrogen (secondary N) is 1. The van der Waals surface area contributed by atoms with Gasteiger partial charge in [0.25, 0.3) is 5.91 Å². The largest absolute Gasteiger partial charge is 0.339 e. The van der Waals surface area contributed by atoms with E-state index in [2.05, 4.69) is 29.2 Å². The first-order chi connectivity index (χ1) is 16.4. The van der Waals surface area contributed by atoms with E-state index in [0.717, 1.165) is 31.5 Å². The molecule has 1 aromatic heterocycles. The van der Waals surface area contributed by atoms with Crippen LogP contribution >= 0.6 is 0 Å². The van der Waals surface area contributed by atoms with Crippen LogP contribution in [0.3, 0.4) is 0 Å². The number of likely N-dealkylation sites (tertiary alicyclic amines) is 2. The zero-order valence-electron chi connectivity index (χ0n) is 20.4. The zero-order valence-corrected chi connectivity index (χ0v) is 20.4. The summed E-state index contributed by atoms with van der Waals surface area (Å²) in [5, 5.41) is 3.11. The van der Waals surface area contributed by atoms with E-state index in [-0.39, 0.29) is 23.8 Å². The van der Waals surface area contributed by atoms with Crippen LogP contribution < -0.4 is 5.32 Å². The lowest BCUT2D eigenvalue weighted by Gasteiger charge is -2.40. The van der Waals surface area contributed by atoms with Gasteiger partial charge in [-0.05, 0) is 76.2 Å². The number of hydrogen-bond acceptors (Lipinski definition) is 5. The highest BCUT2D eigenvalue weighted by Gasteiger charge is 2.55. The number of urea groups is 1. The second-order valence-corrected chi connectivity index (χ2v) is 9.86. The maximum atomic E-state index is 13.6. The molecule has 3 saturated heterocycles. The molecule has 0 bridgehead atoms. The number of carbonyl (C=O) groups is 3. The van der Waals surface area contributed by atoms with Gasteiger partial charge in [-0.25, -0.2) is 4.79 Å². The van der Waals surface area contributed by atoms with Crippen molar-refractivity contribution >= 4 is 23.9 Å². The van der Waals surface area contributed by atoms with E-state index in [9.17, 15) is 14.4 Å². The molecule has 4 amide bonds. The molecule has 8 heteroatoms. The van der Waals surface area contributed by atoms with Gasteiger partial charge in [0.15, 0.2) is 0 Å². The Morgan fingerprint density at radius 3 is 2.65 bits per heavy atom. The van der Waals surface area contributed by atoms with Crippen LogP contribution in [0.4, 0.5) is 4.79 Å². The predicted octanol–water partition coefficient (Wildman–Crippen LogP) is 2.91. The summed E-state index contributed by atoms with van der Waals surface area (Å²) in [4.78, 5) is 49.0. The maximum Gasteiger partial charge on any atom is 0.325 e. The van der Waals surface area contributed by atoms with E-state index in [1.807, 2.05) is 23.1 Å². The van der Waals surface area contributed by atoms with Gasteiger partial charge in [-0.15, -0.1) is 0 Å². The Balaban J connectivity index is 1.37. The Kier molecular flexibility index (Phi) is 7.66. The molecule has 0 aliphatic carbocycles. The summed E-state index contributed by atoms with van der Waals surface area (Å²) < 4.78 is 0. The quantitative estimate of drug-likeness (QED) is 0.469. The van der Waals surface area contributed by atoms with Crippen molar-refractivity contribution in [3.05, 3.63) is 36.2 Å². The number of hydrogen-bond donors (Lipinski definition) is 1. The average Bonchev–Trinajstić information content (AvgIpc) is 3.37. The molecule has 184 valence electrons. The van der Waals surface area contributed by atoms with Gasteiger partial charge in [0.2, 0.25) is 5.91 Å². The fraction of sp³-hybridized carbons (Fsp3) is 0.615. The Bertz CT molecular complexity index is 912. The first-order valence-electron chi connectivity index (χ1n) is 12.7. The number of aromatic nitrogens is 1. The van der Waals surface area contributed by atoms with E-state index < -0.39 is 5.54 Å². The number of pyridine rings is 1. The Morgan fingerprint density at radius 2 is 2.00 bits per heavy atom. The van der Waals surface area contributed by atoms with Crippen molar-refractivity contribution < 1.29 is 14.4 Å². The van der Waals surface area contributed by atoms with Crippen LogP contribution in [-0.4, -0.2) is 82.3 Å². The van der Waals surface area contributed by atoms with Crippen molar-refractivity contribution in [2.24, 2.45) is 5.92 Å². The number of carbonyl (C=O) groups excluding carboxylic acids is 3. The van der Waals surface area contributed by atoms with Crippen molar-refractivity contribution in [2.45, 2.75) is 63.5 Å². The Hall–Kier alpha value is -2.74. The maximum absolute atomic E-state index is 13.6. The minimum atomic E-state index is -0.841. The molecular formula is C26H37N5O3. The van der Waals surface area contributed by atoms with Crippen molar-refractivity contribution in [3.8, 4) is 0 Å². The number of rotatable bonds is 8. The fourth-order valence-corrected chi connectivity index (χ4v) is 5.84. The molecule has 2 unspecified atom stereocenters. The van der Waals surface area contributed by atoms with E-state index in [0.29, 0.717) is 44.9 Å². The third kappa shape index (κ3) is 5.02. The van der Waals surface area contributed by atoms with Gasteiger partial charge in [-0.3, -0.25) is 19.5 Å². The molecule has 1 N–H and O–H groups in total. The van der Waals surface area contributed by atoms with Crippen LogP contribution in [0.25, 0.3) is 6.08 Å². The van der Waals surface area contributed by atoms with Crippen LogP contribution in [0.15, 0.2) is 30.5 Å². The van der Waals surface area contributed by atoms with Gasteiger partial charge in [0.1, 0.15) is 5.54 Å². The third-order valence-electron chi connectivity index (χ3n) is 7.79. The number of nitrogens with zero attached hydrogens (tertiary/aromatic N) is 4. The normalized spacial score (nSPS) is 26.6. The molecule has 4 heterocycles. The van der Waals surface area contributed by atoms with Gasteiger partial charge in [0, 0.05) is 37.9 Å². The highest BCUT2D eigenvalue weighted by molar-refractivity contribution is 6.07. The molecular weight excluding hydrogens is 430 g/mol. The summed E-state index contributed by atoms with van der Waals surface area (Å²) in [7, 11) is 2.12. The average molecular weight is 468 g/mol. The van der Waals surface area contributed by atoms with E-state index in [1.54, 1.807) is 18.3 Å². The standard InChI is InChI=1S/C26H37N5O3/c1-3-14-26(24(33)31(25(34)28-26)19-13-22-8-6-16-29(22)2)20-11-17-30(18-12-20)23(32)10-9-21-7-4-5-15-27-21/h4-5,7,9-10,15,20,22H,3,6,8,11-14,16-19H2,1-2H3,(H,28,34)/b10-9+. The van der Waals surface area contributed by atoms with Crippen molar-refractivity contribution in [1.82, 2.24) is 25.0 Å². The highest BCUT2D eigenvalue weighted by atomic mass is 16.2. The number of imide groups is 1. The van der Waals surface area contributed by atoms with Gasteiger partial charge in [-0.1, -0.05) is 19.4 Å². The van der Waals surface area contributed by atoms with E-state index >= 15 is 0 Å². The van der Waals surface area contributed by atoms with E-state index in [4.69, 9.17) is 0 Å². The van der Waals surface area contributed by atoms with Gasteiger partial charge in [-0.2, -0.15) is 0 Å². The van der Waals surface area contributed by atoms with Gasteiger partial charge in [0.05, 0.1) is 5.69 Å². The van der Waals surface area contributed by atoms with Gasteiger partial charge >= 0.3 is 6.03 Å². The highest BCUT2D eigenvalue weighted by Crippen LogP contribution is 2.37. The molecule has 0 saturated carbocycles. The molecule has 0 aromatic carbocycles. The molecule has 3 fully saturated rings. The minimum absolute atomic E-state index is 0.0341. The third-order valence-corrected chi connectivity index (χ3v) is 7.79. The molecule has 0 spiro atoms. The molecule has 34 heavy (non-hydrogen) atoms. The van der Waals surface area contributed by atoms with Crippen LogP contribution in [0.1, 0.15) is 57.6 Å². The lowest BCUT2D eigenvalue weighted by molar-refractivity contribution is -0.135. The summed E-state index contributed by atoms with van der Waals surface area (Å²) in [6, 6.07) is 5.77. The summed E-state index contributed by atoms with van der Waals surface area (Å²) in [5.41, 5.74) is -0.0948. The smallest absolute Gasteiger partial charge is 0.325 e. The van der Waals surface area contributed by atoms with Crippen LogP contribution in [-0.2, 0) is 9.59 Å². The van der Waals surface area contributed by atoms with Crippen molar-refractivity contribution in [2.75, 3.05) is 33.2 Å². The topological polar surface area (TPSA) is 85.8 Å². The molecule has 1 aromatic rings. The molecule has 0 radical (unpaired) electrons. The van der Waals surface area contributed by atoms with Crippen LogP contribution in [0.5, 0.6) is 0 Å². The Labute approximate surface area is 202 Å². The second kappa shape index (κ2) is 10.7. The molecule has 8 nitrogen and oxygen atoms in total. The fourth-order valence-electron chi connectivity index (χ4n) is 5.84. The summed E-state index contributed by atoms with van der Waals surface area (Å²) in [6.45, 7) is 4.77.